The Balaban J connectivity index is 1.23. The van der Waals surface area contributed by atoms with E-state index >= 15 is 0 Å². The number of hydrogen-bond acceptors (Lipinski definition) is 6. The lowest BCUT2D eigenvalue weighted by Crippen LogP contribution is -2.28. The van der Waals surface area contributed by atoms with Crippen LogP contribution in [-0.4, -0.2) is 51.2 Å². The average Bonchev–Trinajstić information content (AvgIpc) is 3.42. The summed E-state index contributed by atoms with van der Waals surface area (Å²) in [5.41, 5.74) is 5.43. The molecule has 2 aromatic carbocycles. The number of aromatic nitrogens is 3. The fourth-order valence-corrected chi connectivity index (χ4v) is 3.98. The molecular weight excluding hydrogens is 450 g/mol. The van der Waals surface area contributed by atoms with E-state index in [1.807, 2.05) is 24.3 Å². The van der Waals surface area contributed by atoms with Gasteiger partial charge in [-0.05, 0) is 29.2 Å². The van der Waals surface area contributed by atoms with Crippen LogP contribution in [0.5, 0.6) is 0 Å². The summed E-state index contributed by atoms with van der Waals surface area (Å²) in [7, 11) is 0. The van der Waals surface area contributed by atoms with Crippen molar-refractivity contribution < 1.29 is 24.2 Å². The van der Waals surface area contributed by atoms with Crippen molar-refractivity contribution in [3.63, 3.8) is 0 Å². The van der Waals surface area contributed by atoms with Crippen molar-refractivity contribution in [3.05, 3.63) is 83.2 Å². The molecule has 1 aliphatic rings. The quantitative estimate of drug-likeness (QED) is 0.405. The van der Waals surface area contributed by atoms with Gasteiger partial charge in [-0.2, -0.15) is 0 Å². The number of nitrogens with zero attached hydrogens (tertiary/aromatic N) is 3. The van der Waals surface area contributed by atoms with Crippen LogP contribution in [0, 0.1) is 0 Å². The fourth-order valence-electron chi connectivity index (χ4n) is 3.98. The Labute approximate surface area is 201 Å². The summed E-state index contributed by atoms with van der Waals surface area (Å²) in [6.45, 7) is 1.76. The van der Waals surface area contributed by atoms with Crippen LogP contribution >= 0.6 is 0 Å². The number of carboxylic acids is 1. The molecule has 0 bridgehead atoms. The van der Waals surface area contributed by atoms with Crippen LogP contribution in [-0.2, 0) is 27.4 Å². The average molecular weight is 476 g/mol. The number of alkyl carbamates (subject to hydrolysis) is 1. The van der Waals surface area contributed by atoms with E-state index in [9.17, 15) is 14.4 Å². The lowest BCUT2D eigenvalue weighted by molar-refractivity contribution is -0.137. The zero-order valence-corrected chi connectivity index (χ0v) is 19.1. The SMILES string of the molecule is C/C(=C\CNC(=O)OCC1c2ccccc2-c2ccccc21)C(=O)NCc1cn(CC(=O)O)nn1. The van der Waals surface area contributed by atoms with Crippen molar-refractivity contribution in [1.29, 1.82) is 0 Å². The van der Waals surface area contributed by atoms with Crippen LogP contribution in [0.1, 0.15) is 29.7 Å². The number of carbonyl (C=O) groups is 3. The molecule has 0 unspecified atom stereocenters. The van der Waals surface area contributed by atoms with Crippen molar-refractivity contribution in [2.75, 3.05) is 13.2 Å². The molecule has 0 radical (unpaired) electrons. The summed E-state index contributed by atoms with van der Waals surface area (Å²) in [4.78, 5) is 35.2. The first kappa shape index (κ1) is 23.7. The maximum absolute atomic E-state index is 12.2. The van der Waals surface area contributed by atoms with Gasteiger partial charge in [0.2, 0.25) is 5.91 Å². The normalized spacial score (nSPS) is 12.5. The molecule has 0 spiro atoms. The lowest BCUT2D eigenvalue weighted by Gasteiger charge is -2.14. The largest absolute Gasteiger partial charge is 0.480 e. The van der Waals surface area contributed by atoms with E-state index in [2.05, 4.69) is 45.2 Å². The predicted molar refractivity (Wildman–Crippen MR) is 126 cm³/mol. The molecule has 180 valence electrons. The third-order valence-electron chi connectivity index (χ3n) is 5.67. The Kier molecular flexibility index (Phi) is 7.20. The Bertz CT molecular complexity index is 1240. The standard InChI is InChI=1S/C25H25N5O5/c1-16(24(33)27-12-17-13-30(29-28-17)14-23(31)32)10-11-26-25(34)35-15-22-20-8-4-2-6-18(20)19-7-3-5-9-21(19)22/h2-10,13,22H,11-12,14-15H2,1H3,(H,26,34)(H,27,33)(H,31,32)/b16-10+. The van der Waals surface area contributed by atoms with Gasteiger partial charge in [0.15, 0.2) is 0 Å². The molecule has 0 aliphatic heterocycles. The van der Waals surface area contributed by atoms with Crippen LogP contribution in [0.15, 0.2) is 66.4 Å². The molecular formula is C25H25N5O5. The van der Waals surface area contributed by atoms with Crippen LogP contribution in [0.3, 0.4) is 0 Å². The summed E-state index contributed by atoms with van der Waals surface area (Å²) in [6, 6.07) is 16.2. The number of nitrogens with one attached hydrogen (secondary N) is 2. The number of benzene rings is 2. The number of carbonyl (C=O) groups excluding carboxylic acids is 2. The molecule has 10 nitrogen and oxygen atoms in total. The Morgan fingerprint density at radius 3 is 2.37 bits per heavy atom. The summed E-state index contributed by atoms with van der Waals surface area (Å²) in [5, 5.41) is 21.5. The highest BCUT2D eigenvalue weighted by atomic mass is 16.5. The van der Waals surface area contributed by atoms with E-state index < -0.39 is 12.1 Å². The van der Waals surface area contributed by atoms with Gasteiger partial charge in [0.1, 0.15) is 18.8 Å². The molecule has 0 atom stereocenters. The van der Waals surface area contributed by atoms with E-state index in [1.54, 1.807) is 13.0 Å². The van der Waals surface area contributed by atoms with Crippen molar-refractivity contribution in [2.24, 2.45) is 0 Å². The molecule has 2 amide bonds. The minimum atomic E-state index is -1.03. The number of fused-ring (bicyclic) bond motifs is 3. The fraction of sp³-hybridized carbons (Fsp3) is 0.240. The molecule has 0 fully saturated rings. The second-order valence-corrected chi connectivity index (χ2v) is 8.08. The topological polar surface area (TPSA) is 135 Å². The molecule has 0 saturated heterocycles. The van der Waals surface area contributed by atoms with Gasteiger partial charge in [0.05, 0.1) is 12.7 Å². The number of carboxylic acid groups (broad SMARTS) is 1. The van der Waals surface area contributed by atoms with Gasteiger partial charge in [-0.1, -0.05) is 59.8 Å². The van der Waals surface area contributed by atoms with Gasteiger partial charge in [0.25, 0.3) is 0 Å². The van der Waals surface area contributed by atoms with E-state index in [-0.39, 0.29) is 38.1 Å². The van der Waals surface area contributed by atoms with Crippen molar-refractivity contribution in [3.8, 4) is 11.1 Å². The molecule has 3 N–H and O–H groups in total. The van der Waals surface area contributed by atoms with Crippen LogP contribution in [0.2, 0.25) is 0 Å². The summed E-state index contributed by atoms with van der Waals surface area (Å²) < 4.78 is 6.65. The second-order valence-electron chi connectivity index (χ2n) is 8.08. The van der Waals surface area contributed by atoms with E-state index in [1.165, 1.54) is 10.9 Å². The number of aliphatic carboxylic acids is 1. The zero-order chi connectivity index (χ0) is 24.8. The van der Waals surface area contributed by atoms with Crippen LogP contribution in [0.25, 0.3) is 11.1 Å². The molecule has 10 heteroatoms. The number of hydrogen-bond donors (Lipinski definition) is 3. The molecule has 1 aliphatic carbocycles. The molecule has 4 rings (SSSR count). The monoisotopic (exact) mass is 475 g/mol. The van der Waals surface area contributed by atoms with Crippen molar-refractivity contribution in [1.82, 2.24) is 25.6 Å². The van der Waals surface area contributed by atoms with Gasteiger partial charge in [-0.15, -0.1) is 5.10 Å². The van der Waals surface area contributed by atoms with Gasteiger partial charge < -0.3 is 20.5 Å². The number of ether oxygens (including phenoxy) is 1. The van der Waals surface area contributed by atoms with E-state index in [4.69, 9.17) is 9.84 Å². The van der Waals surface area contributed by atoms with E-state index in [0.717, 1.165) is 22.3 Å². The lowest BCUT2D eigenvalue weighted by atomic mass is 9.98. The Hall–Kier alpha value is -4.47. The molecule has 0 saturated carbocycles. The maximum Gasteiger partial charge on any atom is 0.407 e. The molecule has 1 aromatic heterocycles. The van der Waals surface area contributed by atoms with Gasteiger partial charge in [-0.25, -0.2) is 9.48 Å². The van der Waals surface area contributed by atoms with Crippen LogP contribution < -0.4 is 10.6 Å². The minimum Gasteiger partial charge on any atom is -0.480 e. The predicted octanol–water partition coefficient (Wildman–Crippen LogP) is 2.46. The van der Waals surface area contributed by atoms with Crippen molar-refractivity contribution in [2.45, 2.75) is 25.9 Å². The van der Waals surface area contributed by atoms with Crippen LogP contribution in [0.4, 0.5) is 4.79 Å². The smallest absolute Gasteiger partial charge is 0.407 e. The number of rotatable bonds is 9. The molecule has 1 heterocycles. The zero-order valence-electron chi connectivity index (χ0n) is 19.1. The third kappa shape index (κ3) is 5.72. The first-order valence-corrected chi connectivity index (χ1v) is 11.1. The third-order valence-corrected chi connectivity index (χ3v) is 5.67. The highest BCUT2D eigenvalue weighted by molar-refractivity contribution is 5.92. The van der Waals surface area contributed by atoms with Gasteiger partial charge >= 0.3 is 12.1 Å². The maximum atomic E-state index is 12.2. The summed E-state index contributed by atoms with van der Waals surface area (Å²) >= 11 is 0. The first-order valence-electron chi connectivity index (χ1n) is 11.1. The van der Waals surface area contributed by atoms with Crippen molar-refractivity contribution >= 4 is 18.0 Å². The second kappa shape index (κ2) is 10.6. The minimum absolute atomic E-state index is 0.0235. The highest BCUT2D eigenvalue weighted by Gasteiger charge is 2.28. The molecule has 35 heavy (non-hydrogen) atoms. The highest BCUT2D eigenvalue weighted by Crippen LogP contribution is 2.44. The Morgan fingerprint density at radius 1 is 1.06 bits per heavy atom. The summed E-state index contributed by atoms with van der Waals surface area (Å²) in [5.74, 6) is -1.40. The number of amides is 2. The van der Waals surface area contributed by atoms with Gasteiger partial charge in [0, 0.05) is 18.0 Å². The summed E-state index contributed by atoms with van der Waals surface area (Å²) in [6.07, 6.45) is 2.47. The van der Waals surface area contributed by atoms with Gasteiger partial charge in [-0.3, -0.25) is 9.59 Å². The molecule has 3 aromatic rings. The van der Waals surface area contributed by atoms with E-state index in [0.29, 0.717) is 11.3 Å². The Morgan fingerprint density at radius 2 is 1.71 bits per heavy atom. The first-order chi connectivity index (χ1) is 16.9.